The monoisotopic (exact) mass is 464 g/mol. The van der Waals surface area contributed by atoms with Gasteiger partial charge >= 0.3 is 5.97 Å². The first-order valence-corrected chi connectivity index (χ1v) is 12.6. The summed E-state index contributed by atoms with van der Waals surface area (Å²) in [5, 5.41) is 14.8. The Morgan fingerprint density at radius 2 is 1.52 bits per heavy atom. The number of rotatable bonds is 19. The zero-order chi connectivity index (χ0) is 24.5. The van der Waals surface area contributed by atoms with Crippen molar-refractivity contribution in [1.82, 2.24) is 20.6 Å². The molecule has 4 N–H and O–H groups in total. The number of nitrogens with one attached hydrogen (secondary N) is 3. The van der Waals surface area contributed by atoms with E-state index in [4.69, 9.17) is 0 Å². The van der Waals surface area contributed by atoms with Crippen LogP contribution in [0.3, 0.4) is 0 Å². The summed E-state index contributed by atoms with van der Waals surface area (Å²) in [5.74, 6) is -1.94. The van der Waals surface area contributed by atoms with Gasteiger partial charge in [-0.2, -0.15) is 0 Å². The number of unbranched alkanes of at least 4 members (excludes halogenated alkanes) is 10. The van der Waals surface area contributed by atoms with Gasteiger partial charge in [-0.1, -0.05) is 85.0 Å². The molecule has 0 unspecified atom stereocenters. The second-order valence-electron chi connectivity index (χ2n) is 9.26. The van der Waals surface area contributed by atoms with Crippen molar-refractivity contribution in [2.45, 2.75) is 116 Å². The number of aromatic nitrogens is 2. The minimum absolute atomic E-state index is 0.0958. The maximum atomic E-state index is 12.7. The SMILES string of the molecule is CCCCCCCCCCCCCC(=O)N[C@H](C(=O)N[C@@H](Cc1cnc[nH]1)C(=O)O)C(C)C. The smallest absolute Gasteiger partial charge is 0.326 e. The molecule has 0 aliphatic carbocycles. The molecule has 0 spiro atoms. The number of hydrogen-bond acceptors (Lipinski definition) is 4. The molecule has 2 atom stereocenters. The van der Waals surface area contributed by atoms with Gasteiger partial charge in [-0.05, 0) is 12.3 Å². The van der Waals surface area contributed by atoms with Crippen molar-refractivity contribution in [3.63, 3.8) is 0 Å². The van der Waals surface area contributed by atoms with Gasteiger partial charge in [0.2, 0.25) is 11.8 Å². The third-order valence-electron chi connectivity index (χ3n) is 5.87. The number of carboxylic acids is 1. The van der Waals surface area contributed by atoms with Crippen LogP contribution in [-0.4, -0.2) is 44.9 Å². The van der Waals surface area contributed by atoms with Crippen LogP contribution in [0.4, 0.5) is 0 Å². The van der Waals surface area contributed by atoms with Gasteiger partial charge in [0.15, 0.2) is 0 Å². The highest BCUT2D eigenvalue weighted by Crippen LogP contribution is 2.12. The van der Waals surface area contributed by atoms with Crippen LogP contribution in [-0.2, 0) is 20.8 Å². The fraction of sp³-hybridized carbons (Fsp3) is 0.760. The molecule has 188 valence electrons. The molecule has 33 heavy (non-hydrogen) atoms. The maximum Gasteiger partial charge on any atom is 0.326 e. The van der Waals surface area contributed by atoms with Crippen molar-refractivity contribution in [2.24, 2.45) is 5.92 Å². The Morgan fingerprint density at radius 3 is 2.00 bits per heavy atom. The Morgan fingerprint density at radius 1 is 0.939 bits per heavy atom. The van der Waals surface area contributed by atoms with Crippen molar-refractivity contribution in [2.75, 3.05) is 0 Å². The Bertz CT molecular complexity index is 676. The number of H-pyrrole nitrogens is 1. The van der Waals surface area contributed by atoms with E-state index in [1.54, 1.807) is 0 Å². The molecule has 0 fully saturated rings. The molecule has 0 aliphatic heterocycles. The minimum Gasteiger partial charge on any atom is -0.480 e. The van der Waals surface area contributed by atoms with Crippen LogP contribution < -0.4 is 10.6 Å². The largest absolute Gasteiger partial charge is 0.480 e. The number of hydrogen-bond donors (Lipinski definition) is 4. The van der Waals surface area contributed by atoms with Crippen LogP contribution in [0, 0.1) is 5.92 Å². The Labute approximate surface area is 198 Å². The number of carboxylic acid groups (broad SMARTS) is 1. The first kappa shape index (κ1) is 28.7. The quantitative estimate of drug-likeness (QED) is 0.226. The van der Waals surface area contributed by atoms with Crippen LogP contribution in [0.25, 0.3) is 0 Å². The van der Waals surface area contributed by atoms with E-state index in [1.165, 1.54) is 63.9 Å². The topological polar surface area (TPSA) is 124 Å². The van der Waals surface area contributed by atoms with Crippen LogP contribution in [0.15, 0.2) is 12.5 Å². The molecule has 0 bridgehead atoms. The molecule has 1 rings (SSSR count). The summed E-state index contributed by atoms with van der Waals surface area (Å²) < 4.78 is 0. The number of carbonyl (C=O) groups excluding carboxylic acids is 2. The molecule has 8 heteroatoms. The van der Waals surface area contributed by atoms with Crippen molar-refractivity contribution in [3.05, 3.63) is 18.2 Å². The normalized spacial score (nSPS) is 13.0. The average molecular weight is 465 g/mol. The summed E-state index contributed by atoms with van der Waals surface area (Å²) in [6.45, 7) is 5.89. The average Bonchev–Trinajstić information content (AvgIpc) is 3.28. The molecule has 8 nitrogen and oxygen atoms in total. The lowest BCUT2D eigenvalue weighted by molar-refractivity contribution is -0.142. The van der Waals surface area contributed by atoms with Crippen molar-refractivity contribution < 1.29 is 19.5 Å². The van der Waals surface area contributed by atoms with Crippen molar-refractivity contribution in [3.8, 4) is 0 Å². The predicted molar refractivity (Wildman–Crippen MR) is 130 cm³/mol. The number of nitrogens with zero attached hydrogens (tertiary/aromatic N) is 1. The third-order valence-corrected chi connectivity index (χ3v) is 5.87. The highest BCUT2D eigenvalue weighted by Gasteiger charge is 2.28. The maximum absolute atomic E-state index is 12.7. The summed E-state index contributed by atoms with van der Waals surface area (Å²) in [6, 6.07) is -1.86. The van der Waals surface area contributed by atoms with Crippen LogP contribution >= 0.6 is 0 Å². The van der Waals surface area contributed by atoms with Crippen LogP contribution in [0.1, 0.15) is 104 Å². The molecular weight excluding hydrogens is 420 g/mol. The van der Waals surface area contributed by atoms with Gasteiger partial charge in [-0.3, -0.25) is 9.59 Å². The number of imidazole rings is 1. The van der Waals surface area contributed by atoms with Gasteiger partial charge in [-0.15, -0.1) is 0 Å². The molecule has 1 aromatic heterocycles. The van der Waals surface area contributed by atoms with Crippen molar-refractivity contribution >= 4 is 17.8 Å². The summed E-state index contributed by atoms with van der Waals surface area (Å²) in [5.41, 5.74) is 0.615. The molecule has 0 radical (unpaired) electrons. The van der Waals surface area contributed by atoms with E-state index in [9.17, 15) is 19.5 Å². The van der Waals surface area contributed by atoms with Gasteiger partial charge in [0.1, 0.15) is 12.1 Å². The Hall–Kier alpha value is -2.38. The lowest BCUT2D eigenvalue weighted by Crippen LogP contribution is -2.54. The number of amides is 2. The first-order valence-electron chi connectivity index (χ1n) is 12.6. The first-order chi connectivity index (χ1) is 15.8. The molecule has 2 amide bonds. The van der Waals surface area contributed by atoms with Gasteiger partial charge in [0.05, 0.1) is 6.33 Å². The van der Waals surface area contributed by atoms with E-state index in [0.29, 0.717) is 12.1 Å². The number of carbonyl (C=O) groups is 3. The third kappa shape index (κ3) is 13.0. The van der Waals surface area contributed by atoms with Gasteiger partial charge in [-0.25, -0.2) is 9.78 Å². The van der Waals surface area contributed by atoms with E-state index in [1.807, 2.05) is 13.8 Å². The Kier molecular flexibility index (Phi) is 14.9. The van der Waals surface area contributed by atoms with Crippen molar-refractivity contribution in [1.29, 1.82) is 0 Å². The zero-order valence-electron chi connectivity index (χ0n) is 20.7. The molecule has 0 saturated heterocycles. The zero-order valence-corrected chi connectivity index (χ0v) is 20.7. The second-order valence-corrected chi connectivity index (χ2v) is 9.26. The summed E-state index contributed by atoms with van der Waals surface area (Å²) in [7, 11) is 0. The summed E-state index contributed by atoms with van der Waals surface area (Å²) in [4.78, 5) is 43.4. The van der Waals surface area contributed by atoms with E-state index in [-0.39, 0.29) is 18.2 Å². The van der Waals surface area contributed by atoms with Crippen LogP contribution in [0.2, 0.25) is 0 Å². The number of aromatic amines is 1. The lowest BCUT2D eigenvalue weighted by Gasteiger charge is -2.24. The highest BCUT2D eigenvalue weighted by atomic mass is 16.4. The lowest BCUT2D eigenvalue weighted by atomic mass is 10.0. The molecule has 1 heterocycles. The van der Waals surface area contributed by atoms with E-state index >= 15 is 0 Å². The Balaban J connectivity index is 2.29. The fourth-order valence-corrected chi connectivity index (χ4v) is 3.81. The highest BCUT2D eigenvalue weighted by molar-refractivity contribution is 5.90. The molecule has 0 aromatic carbocycles. The van der Waals surface area contributed by atoms with E-state index in [0.717, 1.165) is 19.3 Å². The molecule has 0 aliphatic rings. The van der Waals surface area contributed by atoms with E-state index < -0.39 is 24.0 Å². The van der Waals surface area contributed by atoms with Crippen LogP contribution in [0.5, 0.6) is 0 Å². The summed E-state index contributed by atoms with van der Waals surface area (Å²) in [6.07, 6.45) is 16.8. The van der Waals surface area contributed by atoms with Gasteiger partial charge < -0.3 is 20.7 Å². The molecule has 0 saturated carbocycles. The summed E-state index contributed by atoms with van der Waals surface area (Å²) >= 11 is 0. The molecule has 1 aromatic rings. The molecular formula is C25H44N4O4. The minimum atomic E-state index is -1.13. The second kappa shape index (κ2) is 17.1. The predicted octanol–water partition coefficient (Wildman–Crippen LogP) is 4.36. The fourth-order valence-electron chi connectivity index (χ4n) is 3.81. The number of aliphatic carboxylic acids is 1. The van der Waals surface area contributed by atoms with Gasteiger partial charge in [0.25, 0.3) is 0 Å². The van der Waals surface area contributed by atoms with Gasteiger partial charge in [0, 0.05) is 24.7 Å². The van der Waals surface area contributed by atoms with E-state index in [2.05, 4.69) is 27.5 Å². The standard InChI is InChI=1S/C25H44N4O4/c1-4-5-6-7-8-9-10-11-12-13-14-15-22(30)29-23(19(2)3)24(31)28-21(25(32)33)16-20-17-26-18-27-20/h17-19,21,23H,4-16H2,1-3H3,(H,26,27)(H,28,31)(H,29,30)(H,32,33)/t21-,23-/m0/s1.